The number of hydrogen-bond acceptors (Lipinski definition) is 3. The summed E-state index contributed by atoms with van der Waals surface area (Å²) < 4.78 is 1.80. The summed E-state index contributed by atoms with van der Waals surface area (Å²) in [5.41, 5.74) is 2.23. The van der Waals surface area contributed by atoms with Crippen LogP contribution in [-0.2, 0) is 11.8 Å². The van der Waals surface area contributed by atoms with Gasteiger partial charge in [-0.15, -0.1) is 0 Å². The highest BCUT2D eigenvalue weighted by Crippen LogP contribution is 2.30. The number of hydrogen-bond donors (Lipinski definition) is 2. The summed E-state index contributed by atoms with van der Waals surface area (Å²) in [5, 5.41) is 16.9. The van der Waals surface area contributed by atoms with E-state index in [1.165, 1.54) is 6.08 Å². The lowest BCUT2D eigenvalue weighted by Gasteiger charge is -2.36. The largest absolute Gasteiger partial charge is 0.388 e. The average molecular weight is 263 g/mol. The highest BCUT2D eigenvalue weighted by atomic mass is 16.3. The second-order valence-electron chi connectivity index (χ2n) is 5.34. The van der Waals surface area contributed by atoms with E-state index in [1.807, 2.05) is 20.9 Å². The molecule has 104 valence electrons. The fourth-order valence-electron chi connectivity index (χ4n) is 2.26. The smallest absolute Gasteiger partial charge is 0.244 e. The maximum atomic E-state index is 11.7. The van der Waals surface area contributed by atoms with Crippen LogP contribution in [0.1, 0.15) is 36.2 Å². The van der Waals surface area contributed by atoms with Crippen LogP contribution in [-0.4, -0.2) is 32.9 Å². The summed E-state index contributed by atoms with van der Waals surface area (Å²) in [4.78, 5) is 11.7. The molecular weight excluding hydrogens is 242 g/mol. The van der Waals surface area contributed by atoms with E-state index in [2.05, 4.69) is 10.4 Å². The van der Waals surface area contributed by atoms with Crippen molar-refractivity contribution in [2.75, 3.05) is 6.54 Å². The first-order valence-electron chi connectivity index (χ1n) is 6.60. The van der Waals surface area contributed by atoms with Gasteiger partial charge in [-0.2, -0.15) is 5.10 Å². The minimum Gasteiger partial charge on any atom is -0.388 e. The van der Waals surface area contributed by atoms with Crippen LogP contribution >= 0.6 is 0 Å². The van der Waals surface area contributed by atoms with Crippen LogP contribution < -0.4 is 5.32 Å². The minimum atomic E-state index is -0.677. The van der Waals surface area contributed by atoms with Gasteiger partial charge in [0, 0.05) is 30.9 Å². The Hall–Kier alpha value is -1.62. The van der Waals surface area contributed by atoms with E-state index in [-0.39, 0.29) is 5.91 Å². The fraction of sp³-hybridized carbons (Fsp3) is 0.571. The van der Waals surface area contributed by atoms with E-state index in [9.17, 15) is 9.90 Å². The van der Waals surface area contributed by atoms with Crippen LogP contribution in [0.5, 0.6) is 0 Å². The standard InChI is InChI=1S/C14H21N3O2/c1-10-12(11(2)17(3)16-10)5-6-13(18)15-9-14(19)7-4-8-14/h5-6,19H,4,7-9H2,1-3H3,(H,15,18)/b6-5+. The molecule has 19 heavy (non-hydrogen) atoms. The second-order valence-corrected chi connectivity index (χ2v) is 5.34. The van der Waals surface area contributed by atoms with Crippen molar-refractivity contribution in [3.63, 3.8) is 0 Å². The van der Waals surface area contributed by atoms with Crippen molar-refractivity contribution in [2.24, 2.45) is 7.05 Å². The molecule has 0 saturated heterocycles. The predicted octanol–water partition coefficient (Wildman–Crippen LogP) is 1.08. The van der Waals surface area contributed by atoms with E-state index >= 15 is 0 Å². The number of carbonyl (C=O) groups excluding carboxylic acids is 1. The first-order chi connectivity index (χ1) is 8.91. The third-order valence-electron chi connectivity index (χ3n) is 3.84. The van der Waals surface area contributed by atoms with Gasteiger partial charge in [-0.1, -0.05) is 0 Å². The molecule has 0 spiro atoms. The maximum Gasteiger partial charge on any atom is 0.244 e. The number of amides is 1. The van der Waals surface area contributed by atoms with Crippen molar-refractivity contribution in [3.8, 4) is 0 Å². The Balaban J connectivity index is 1.92. The molecule has 1 aromatic heterocycles. The third kappa shape index (κ3) is 3.04. The van der Waals surface area contributed by atoms with Gasteiger partial charge in [0.15, 0.2) is 0 Å². The summed E-state index contributed by atoms with van der Waals surface area (Å²) in [6.45, 7) is 4.22. The van der Waals surface area contributed by atoms with Gasteiger partial charge in [0.05, 0.1) is 11.3 Å². The Bertz CT molecular complexity index is 513. The first-order valence-corrected chi connectivity index (χ1v) is 6.60. The Morgan fingerprint density at radius 1 is 1.53 bits per heavy atom. The van der Waals surface area contributed by atoms with Crippen molar-refractivity contribution < 1.29 is 9.90 Å². The Labute approximate surface area is 113 Å². The molecule has 5 heteroatoms. The molecule has 1 aliphatic rings. The molecule has 0 radical (unpaired) electrons. The monoisotopic (exact) mass is 263 g/mol. The topological polar surface area (TPSA) is 67.2 Å². The minimum absolute atomic E-state index is 0.178. The van der Waals surface area contributed by atoms with Crippen LogP contribution in [0.15, 0.2) is 6.08 Å². The van der Waals surface area contributed by atoms with Crippen molar-refractivity contribution in [3.05, 3.63) is 23.0 Å². The van der Waals surface area contributed by atoms with Gasteiger partial charge in [-0.25, -0.2) is 0 Å². The maximum absolute atomic E-state index is 11.7. The quantitative estimate of drug-likeness (QED) is 0.799. The normalized spacial score (nSPS) is 17.5. The lowest BCUT2D eigenvalue weighted by molar-refractivity contribution is -0.118. The molecular formula is C14H21N3O2. The summed E-state index contributed by atoms with van der Waals surface area (Å²) in [7, 11) is 1.88. The zero-order valence-electron chi connectivity index (χ0n) is 11.7. The van der Waals surface area contributed by atoms with E-state index in [1.54, 1.807) is 10.8 Å². The molecule has 1 saturated carbocycles. The lowest BCUT2D eigenvalue weighted by atomic mass is 9.80. The van der Waals surface area contributed by atoms with Crippen molar-refractivity contribution >= 4 is 12.0 Å². The number of carbonyl (C=O) groups is 1. The molecule has 0 aliphatic heterocycles. The molecule has 0 unspecified atom stereocenters. The number of rotatable bonds is 4. The van der Waals surface area contributed by atoms with Gasteiger partial charge >= 0.3 is 0 Å². The van der Waals surface area contributed by atoms with Crippen molar-refractivity contribution in [2.45, 2.75) is 38.7 Å². The van der Waals surface area contributed by atoms with Crippen molar-refractivity contribution in [1.29, 1.82) is 0 Å². The molecule has 2 N–H and O–H groups in total. The molecule has 2 rings (SSSR count). The molecule has 5 nitrogen and oxygen atoms in total. The summed E-state index contributed by atoms with van der Waals surface area (Å²) in [6, 6.07) is 0. The number of aliphatic hydroxyl groups is 1. The molecule has 1 aromatic rings. The van der Waals surface area contributed by atoms with Gasteiger partial charge < -0.3 is 10.4 Å². The molecule has 1 fully saturated rings. The van der Waals surface area contributed by atoms with Gasteiger partial charge in [0.25, 0.3) is 0 Å². The van der Waals surface area contributed by atoms with Gasteiger partial charge in [0.2, 0.25) is 5.91 Å². The van der Waals surface area contributed by atoms with E-state index in [0.29, 0.717) is 6.54 Å². The van der Waals surface area contributed by atoms with Crippen LogP contribution in [0.4, 0.5) is 0 Å². The zero-order chi connectivity index (χ0) is 14.0. The van der Waals surface area contributed by atoms with Crippen LogP contribution in [0.3, 0.4) is 0 Å². The van der Waals surface area contributed by atoms with Crippen LogP contribution in [0.25, 0.3) is 6.08 Å². The van der Waals surface area contributed by atoms with Gasteiger partial charge in [-0.3, -0.25) is 9.48 Å². The Morgan fingerprint density at radius 3 is 2.68 bits per heavy atom. The second kappa shape index (κ2) is 5.17. The Morgan fingerprint density at radius 2 is 2.21 bits per heavy atom. The molecule has 1 amide bonds. The third-order valence-corrected chi connectivity index (χ3v) is 3.84. The first kappa shape index (κ1) is 13.8. The molecule has 1 aliphatic carbocycles. The lowest BCUT2D eigenvalue weighted by Crippen LogP contribution is -2.47. The van der Waals surface area contributed by atoms with Crippen LogP contribution in [0.2, 0.25) is 0 Å². The number of nitrogens with one attached hydrogen (secondary N) is 1. The number of nitrogens with zero attached hydrogens (tertiary/aromatic N) is 2. The summed E-state index contributed by atoms with van der Waals surface area (Å²) in [5.74, 6) is -0.178. The highest BCUT2D eigenvalue weighted by molar-refractivity contribution is 5.92. The fourth-order valence-corrected chi connectivity index (χ4v) is 2.26. The van der Waals surface area contributed by atoms with Gasteiger partial charge in [-0.05, 0) is 39.2 Å². The highest BCUT2D eigenvalue weighted by Gasteiger charge is 2.34. The summed E-state index contributed by atoms with van der Waals surface area (Å²) >= 11 is 0. The van der Waals surface area contributed by atoms with E-state index in [0.717, 1.165) is 36.2 Å². The predicted molar refractivity (Wildman–Crippen MR) is 73.5 cm³/mol. The Kier molecular flexibility index (Phi) is 3.75. The van der Waals surface area contributed by atoms with Gasteiger partial charge in [0.1, 0.15) is 0 Å². The van der Waals surface area contributed by atoms with Crippen molar-refractivity contribution in [1.82, 2.24) is 15.1 Å². The number of aryl methyl sites for hydroxylation is 2. The van der Waals surface area contributed by atoms with Crippen LogP contribution in [0, 0.1) is 13.8 Å². The average Bonchev–Trinajstić information content (AvgIpc) is 2.56. The zero-order valence-corrected chi connectivity index (χ0v) is 11.7. The number of aromatic nitrogens is 2. The van der Waals surface area contributed by atoms with E-state index < -0.39 is 5.60 Å². The SMILES string of the molecule is Cc1nn(C)c(C)c1/C=C/C(=O)NCC1(O)CCC1. The van der Waals surface area contributed by atoms with E-state index in [4.69, 9.17) is 0 Å². The molecule has 0 bridgehead atoms. The molecule has 0 aromatic carbocycles. The molecule has 1 heterocycles. The summed E-state index contributed by atoms with van der Waals surface area (Å²) in [6.07, 6.45) is 5.86. The molecule has 0 atom stereocenters.